The lowest BCUT2D eigenvalue weighted by atomic mass is 10.1. The number of carbonyl (C=O) groups is 1. The van der Waals surface area contributed by atoms with E-state index in [1.807, 2.05) is 18.2 Å². The van der Waals surface area contributed by atoms with Gasteiger partial charge in [-0.15, -0.1) is 0 Å². The van der Waals surface area contributed by atoms with Gasteiger partial charge in [0.2, 0.25) is 0 Å². The highest BCUT2D eigenvalue weighted by atomic mass is 16.3. The molecule has 0 radical (unpaired) electrons. The van der Waals surface area contributed by atoms with Crippen LogP contribution in [0.2, 0.25) is 0 Å². The molecule has 21 heavy (non-hydrogen) atoms. The second kappa shape index (κ2) is 6.79. The van der Waals surface area contributed by atoms with Gasteiger partial charge in [-0.2, -0.15) is 0 Å². The van der Waals surface area contributed by atoms with E-state index in [1.165, 1.54) is 0 Å². The van der Waals surface area contributed by atoms with Gasteiger partial charge in [-0.1, -0.05) is 19.1 Å². The summed E-state index contributed by atoms with van der Waals surface area (Å²) in [5, 5.41) is 15.6. The third kappa shape index (κ3) is 3.75. The molecule has 3 N–H and O–H groups in total. The molecule has 4 heteroatoms. The number of phenolic OH excluding ortho intramolecular Hbond substituents is 1. The number of hydrogen-bond acceptors (Lipinski definition) is 3. The maximum atomic E-state index is 12.4. The first-order valence-electron chi connectivity index (χ1n) is 7.05. The largest absolute Gasteiger partial charge is 0.508 e. The molecule has 0 bridgehead atoms. The van der Waals surface area contributed by atoms with Crippen LogP contribution < -0.4 is 10.6 Å². The number of hydrogen-bond donors (Lipinski definition) is 3. The van der Waals surface area contributed by atoms with Crippen LogP contribution in [-0.4, -0.2) is 17.6 Å². The van der Waals surface area contributed by atoms with Crippen LogP contribution in [0.1, 0.15) is 29.3 Å². The van der Waals surface area contributed by atoms with E-state index in [-0.39, 0.29) is 11.7 Å². The van der Waals surface area contributed by atoms with E-state index in [4.69, 9.17) is 0 Å². The Morgan fingerprint density at radius 3 is 2.67 bits per heavy atom. The van der Waals surface area contributed by atoms with E-state index in [9.17, 15) is 9.90 Å². The van der Waals surface area contributed by atoms with Crippen LogP contribution >= 0.6 is 0 Å². The third-order valence-corrected chi connectivity index (χ3v) is 3.19. The van der Waals surface area contributed by atoms with E-state index < -0.39 is 0 Å². The molecule has 0 saturated heterocycles. The monoisotopic (exact) mass is 284 g/mol. The lowest BCUT2D eigenvalue weighted by molar-refractivity contribution is 0.102. The second-order valence-corrected chi connectivity index (χ2v) is 4.93. The minimum Gasteiger partial charge on any atom is -0.508 e. The maximum absolute atomic E-state index is 12.4. The average molecular weight is 284 g/mol. The Morgan fingerprint density at radius 2 is 1.95 bits per heavy atom. The van der Waals surface area contributed by atoms with E-state index in [1.54, 1.807) is 31.2 Å². The standard InChI is InChI=1S/C17H20N2O2/c1-3-10-18-15-7-5-4-6-14(15)17(21)19-13-8-9-16(20)12(2)11-13/h4-9,11,18,20H,3,10H2,1-2H3,(H,19,21). The number of para-hydroxylation sites is 1. The first-order chi connectivity index (χ1) is 10.1. The minimum atomic E-state index is -0.167. The number of aryl methyl sites for hydroxylation is 1. The Labute approximate surface area is 124 Å². The molecule has 2 aromatic rings. The van der Waals surface area contributed by atoms with Crippen molar-refractivity contribution in [2.45, 2.75) is 20.3 Å². The van der Waals surface area contributed by atoms with Crippen molar-refractivity contribution >= 4 is 17.3 Å². The number of aromatic hydroxyl groups is 1. The van der Waals surface area contributed by atoms with Crippen LogP contribution in [0.15, 0.2) is 42.5 Å². The molecule has 110 valence electrons. The summed E-state index contributed by atoms with van der Waals surface area (Å²) in [6.07, 6.45) is 0.993. The first kappa shape index (κ1) is 14.9. The lowest BCUT2D eigenvalue weighted by Gasteiger charge is -2.12. The van der Waals surface area contributed by atoms with Crippen molar-refractivity contribution in [1.82, 2.24) is 0 Å². The van der Waals surface area contributed by atoms with Crippen molar-refractivity contribution in [2.75, 3.05) is 17.2 Å². The molecule has 0 saturated carbocycles. The number of benzene rings is 2. The molecule has 0 atom stereocenters. The molecule has 0 heterocycles. The quantitative estimate of drug-likeness (QED) is 0.732. The Morgan fingerprint density at radius 1 is 1.19 bits per heavy atom. The van der Waals surface area contributed by atoms with E-state index >= 15 is 0 Å². The molecule has 0 aliphatic rings. The predicted molar refractivity (Wildman–Crippen MR) is 86.0 cm³/mol. The van der Waals surface area contributed by atoms with Crippen molar-refractivity contribution in [1.29, 1.82) is 0 Å². The van der Waals surface area contributed by atoms with Gasteiger partial charge in [0.05, 0.1) is 5.56 Å². The topological polar surface area (TPSA) is 61.4 Å². The molecular weight excluding hydrogens is 264 g/mol. The summed E-state index contributed by atoms with van der Waals surface area (Å²) in [4.78, 5) is 12.4. The van der Waals surface area contributed by atoms with Gasteiger partial charge in [-0.05, 0) is 49.2 Å². The normalized spacial score (nSPS) is 10.2. The zero-order chi connectivity index (χ0) is 15.2. The molecule has 2 rings (SSSR count). The first-order valence-corrected chi connectivity index (χ1v) is 7.05. The SMILES string of the molecule is CCCNc1ccccc1C(=O)Nc1ccc(O)c(C)c1. The van der Waals surface area contributed by atoms with Gasteiger partial charge in [0.25, 0.3) is 5.91 Å². The fraction of sp³-hybridized carbons (Fsp3) is 0.235. The van der Waals surface area contributed by atoms with E-state index in [2.05, 4.69) is 17.6 Å². The van der Waals surface area contributed by atoms with Gasteiger partial charge in [0.15, 0.2) is 0 Å². The minimum absolute atomic E-state index is 0.167. The number of nitrogens with one attached hydrogen (secondary N) is 2. The van der Waals surface area contributed by atoms with E-state index in [0.717, 1.165) is 24.2 Å². The smallest absolute Gasteiger partial charge is 0.257 e. The van der Waals surface area contributed by atoms with Crippen LogP contribution in [0.4, 0.5) is 11.4 Å². The molecule has 0 fully saturated rings. The molecule has 0 aromatic heterocycles. The highest BCUT2D eigenvalue weighted by molar-refractivity contribution is 6.08. The zero-order valence-corrected chi connectivity index (χ0v) is 12.3. The third-order valence-electron chi connectivity index (χ3n) is 3.19. The summed E-state index contributed by atoms with van der Waals surface area (Å²) in [5.74, 6) is 0.0531. The second-order valence-electron chi connectivity index (χ2n) is 4.93. The van der Waals surface area contributed by atoms with Crippen LogP contribution in [0.3, 0.4) is 0 Å². The summed E-state index contributed by atoms with van der Waals surface area (Å²) >= 11 is 0. The van der Waals surface area contributed by atoms with Crippen LogP contribution in [0.25, 0.3) is 0 Å². The van der Waals surface area contributed by atoms with Crippen LogP contribution in [0, 0.1) is 6.92 Å². The highest BCUT2D eigenvalue weighted by Gasteiger charge is 2.11. The average Bonchev–Trinajstić information content (AvgIpc) is 2.49. The fourth-order valence-corrected chi connectivity index (χ4v) is 2.03. The Kier molecular flexibility index (Phi) is 4.82. The van der Waals surface area contributed by atoms with Crippen molar-refractivity contribution in [3.05, 3.63) is 53.6 Å². The number of rotatable bonds is 5. The lowest BCUT2D eigenvalue weighted by Crippen LogP contribution is -2.15. The van der Waals surface area contributed by atoms with Crippen molar-refractivity contribution in [3.63, 3.8) is 0 Å². The van der Waals surface area contributed by atoms with Gasteiger partial charge in [0.1, 0.15) is 5.75 Å². The van der Waals surface area contributed by atoms with Crippen LogP contribution in [0.5, 0.6) is 5.75 Å². The van der Waals surface area contributed by atoms with Gasteiger partial charge in [0, 0.05) is 17.9 Å². The highest BCUT2D eigenvalue weighted by Crippen LogP contribution is 2.22. The van der Waals surface area contributed by atoms with Gasteiger partial charge in [-0.25, -0.2) is 0 Å². The number of anilines is 2. The predicted octanol–water partition coefficient (Wildman–Crippen LogP) is 3.77. The van der Waals surface area contributed by atoms with Crippen molar-refractivity contribution < 1.29 is 9.90 Å². The van der Waals surface area contributed by atoms with Gasteiger partial charge >= 0.3 is 0 Å². The Bertz CT molecular complexity index is 638. The Balaban J connectivity index is 2.18. The fourth-order valence-electron chi connectivity index (χ4n) is 2.03. The van der Waals surface area contributed by atoms with Gasteiger partial charge < -0.3 is 15.7 Å². The van der Waals surface area contributed by atoms with Crippen molar-refractivity contribution in [2.24, 2.45) is 0 Å². The summed E-state index contributed by atoms with van der Waals surface area (Å²) in [6, 6.07) is 12.4. The van der Waals surface area contributed by atoms with Crippen molar-refractivity contribution in [3.8, 4) is 5.75 Å². The van der Waals surface area contributed by atoms with Crippen LogP contribution in [-0.2, 0) is 0 Å². The molecule has 1 amide bonds. The molecular formula is C17H20N2O2. The molecule has 4 nitrogen and oxygen atoms in total. The van der Waals surface area contributed by atoms with Gasteiger partial charge in [-0.3, -0.25) is 4.79 Å². The summed E-state index contributed by atoms with van der Waals surface area (Å²) < 4.78 is 0. The number of amides is 1. The molecule has 0 aliphatic carbocycles. The summed E-state index contributed by atoms with van der Waals surface area (Å²) in [6.45, 7) is 4.69. The molecule has 0 aliphatic heterocycles. The summed E-state index contributed by atoms with van der Waals surface area (Å²) in [7, 11) is 0. The Hall–Kier alpha value is -2.49. The molecule has 2 aromatic carbocycles. The van der Waals surface area contributed by atoms with E-state index in [0.29, 0.717) is 11.3 Å². The number of phenols is 1. The maximum Gasteiger partial charge on any atom is 0.257 e. The number of carbonyl (C=O) groups excluding carboxylic acids is 1. The molecule has 0 unspecified atom stereocenters. The molecule has 0 spiro atoms. The zero-order valence-electron chi connectivity index (χ0n) is 12.3. The summed E-state index contributed by atoms with van der Waals surface area (Å²) in [5.41, 5.74) is 2.83.